The largest absolute Gasteiger partial charge is 0.397 e. The number of nitrogen functional groups attached to an aromatic ring is 1. The highest BCUT2D eigenvalue weighted by atomic mass is 35.5. The molecule has 3 nitrogen and oxygen atoms in total. The van der Waals surface area contributed by atoms with Crippen molar-refractivity contribution in [3.63, 3.8) is 0 Å². The normalized spacial score (nSPS) is 16.1. The molecule has 1 aromatic carbocycles. The monoisotopic (exact) mass is 244 g/mol. The van der Waals surface area contributed by atoms with Gasteiger partial charge in [-0.25, -0.2) is 0 Å². The van der Waals surface area contributed by atoms with E-state index in [0.717, 1.165) is 6.42 Å². The molecule has 0 radical (unpaired) electrons. The summed E-state index contributed by atoms with van der Waals surface area (Å²) in [5.74, 6) is 0.0821. The Hall–Kier alpha value is -0.930. The number of hydrogen-bond donors (Lipinski definition) is 1. The molecule has 1 amide bonds. The summed E-state index contributed by atoms with van der Waals surface area (Å²) < 4.78 is 0. The fourth-order valence-electron chi connectivity index (χ4n) is 1.66. The van der Waals surface area contributed by atoms with Crippen molar-refractivity contribution in [3.05, 3.63) is 22.2 Å². The number of benzene rings is 1. The van der Waals surface area contributed by atoms with Gasteiger partial charge < -0.3 is 10.6 Å². The van der Waals surface area contributed by atoms with Gasteiger partial charge in [0, 0.05) is 13.0 Å². The van der Waals surface area contributed by atoms with Crippen LogP contribution in [-0.2, 0) is 4.79 Å². The SMILES string of the molecule is Nc1cc(N2CCCC2=O)c(Cl)cc1Cl. The zero-order chi connectivity index (χ0) is 11.0. The van der Waals surface area contributed by atoms with Crippen molar-refractivity contribution in [1.29, 1.82) is 0 Å². The lowest BCUT2D eigenvalue weighted by Crippen LogP contribution is -2.24. The van der Waals surface area contributed by atoms with Crippen LogP contribution in [0.5, 0.6) is 0 Å². The lowest BCUT2D eigenvalue weighted by atomic mass is 10.2. The van der Waals surface area contributed by atoms with Gasteiger partial charge in [0.15, 0.2) is 0 Å². The van der Waals surface area contributed by atoms with Gasteiger partial charge >= 0.3 is 0 Å². The third-order valence-electron chi connectivity index (χ3n) is 2.43. The van der Waals surface area contributed by atoms with Crippen LogP contribution in [0.25, 0.3) is 0 Å². The molecule has 1 fully saturated rings. The van der Waals surface area contributed by atoms with Gasteiger partial charge in [-0.2, -0.15) is 0 Å². The third kappa shape index (κ3) is 1.90. The molecule has 0 atom stereocenters. The van der Waals surface area contributed by atoms with Crippen molar-refractivity contribution in [3.8, 4) is 0 Å². The van der Waals surface area contributed by atoms with E-state index in [9.17, 15) is 4.79 Å². The zero-order valence-electron chi connectivity index (χ0n) is 7.96. The van der Waals surface area contributed by atoms with Gasteiger partial charge in [-0.15, -0.1) is 0 Å². The first-order chi connectivity index (χ1) is 7.09. The second-order valence-corrected chi connectivity index (χ2v) is 4.29. The van der Waals surface area contributed by atoms with Crippen LogP contribution in [0.3, 0.4) is 0 Å². The molecule has 80 valence electrons. The molecule has 1 saturated heterocycles. The van der Waals surface area contributed by atoms with Crippen molar-refractivity contribution in [1.82, 2.24) is 0 Å². The van der Waals surface area contributed by atoms with Gasteiger partial charge in [0.2, 0.25) is 5.91 Å². The molecule has 2 rings (SSSR count). The number of carbonyl (C=O) groups is 1. The highest BCUT2D eigenvalue weighted by Gasteiger charge is 2.24. The number of anilines is 2. The van der Waals surface area contributed by atoms with Crippen molar-refractivity contribution in [2.45, 2.75) is 12.8 Å². The summed E-state index contributed by atoms with van der Waals surface area (Å²) in [5, 5.41) is 0.875. The molecule has 2 N–H and O–H groups in total. The minimum Gasteiger partial charge on any atom is -0.397 e. The first-order valence-electron chi connectivity index (χ1n) is 4.64. The summed E-state index contributed by atoms with van der Waals surface area (Å²) in [7, 11) is 0. The molecule has 1 aromatic rings. The predicted octanol–water partition coefficient (Wildman–Crippen LogP) is 2.70. The third-order valence-corrected chi connectivity index (χ3v) is 3.06. The second kappa shape index (κ2) is 3.91. The predicted molar refractivity (Wildman–Crippen MR) is 62.5 cm³/mol. The first kappa shape index (κ1) is 10.6. The highest BCUT2D eigenvalue weighted by Crippen LogP contribution is 2.35. The van der Waals surface area contributed by atoms with E-state index >= 15 is 0 Å². The molecule has 0 unspecified atom stereocenters. The van der Waals surface area contributed by atoms with Crippen LogP contribution in [0.2, 0.25) is 10.0 Å². The molecule has 0 spiro atoms. The average Bonchev–Trinajstić information content (AvgIpc) is 2.58. The molecule has 1 aliphatic rings. The number of rotatable bonds is 1. The Labute approximate surface area is 97.8 Å². The Balaban J connectivity index is 2.43. The minimum atomic E-state index is 0.0821. The van der Waals surface area contributed by atoms with Crippen molar-refractivity contribution in [2.75, 3.05) is 17.2 Å². The van der Waals surface area contributed by atoms with Crippen molar-refractivity contribution in [2.24, 2.45) is 0 Å². The van der Waals surface area contributed by atoms with E-state index in [2.05, 4.69) is 0 Å². The number of hydrogen-bond acceptors (Lipinski definition) is 2. The van der Waals surface area contributed by atoms with E-state index in [0.29, 0.717) is 34.4 Å². The summed E-state index contributed by atoms with van der Waals surface area (Å²) >= 11 is 11.8. The summed E-state index contributed by atoms with van der Waals surface area (Å²) in [6.45, 7) is 0.694. The number of nitrogens with zero attached hydrogens (tertiary/aromatic N) is 1. The fourth-order valence-corrected chi connectivity index (χ4v) is 2.15. The van der Waals surface area contributed by atoms with E-state index in [4.69, 9.17) is 28.9 Å². The fraction of sp³-hybridized carbons (Fsp3) is 0.300. The van der Waals surface area contributed by atoms with Crippen LogP contribution in [-0.4, -0.2) is 12.5 Å². The van der Waals surface area contributed by atoms with E-state index in [1.807, 2.05) is 0 Å². The Kier molecular flexibility index (Phi) is 2.76. The molecule has 5 heteroatoms. The minimum absolute atomic E-state index is 0.0821. The summed E-state index contributed by atoms with van der Waals surface area (Å²) in [4.78, 5) is 13.2. The van der Waals surface area contributed by atoms with Crippen LogP contribution in [0.4, 0.5) is 11.4 Å². The van der Waals surface area contributed by atoms with Crippen LogP contribution in [0.1, 0.15) is 12.8 Å². The van der Waals surface area contributed by atoms with E-state index in [-0.39, 0.29) is 5.91 Å². The Morgan fingerprint density at radius 2 is 2.00 bits per heavy atom. The van der Waals surface area contributed by atoms with Gasteiger partial charge in [-0.1, -0.05) is 23.2 Å². The lowest BCUT2D eigenvalue weighted by Gasteiger charge is -2.18. The molecule has 0 bridgehead atoms. The number of halogens is 2. The molecule has 0 saturated carbocycles. The number of nitrogens with two attached hydrogens (primary N) is 1. The number of amides is 1. The van der Waals surface area contributed by atoms with Gasteiger partial charge in [0.05, 0.1) is 21.4 Å². The Morgan fingerprint density at radius 3 is 2.60 bits per heavy atom. The maximum absolute atomic E-state index is 11.5. The van der Waals surface area contributed by atoms with Crippen molar-refractivity contribution >= 4 is 40.5 Å². The highest BCUT2D eigenvalue weighted by molar-refractivity contribution is 6.38. The van der Waals surface area contributed by atoms with Crippen LogP contribution in [0, 0.1) is 0 Å². The standard InChI is InChI=1S/C10H10Cl2N2O/c11-6-4-7(12)9(5-8(6)13)14-3-1-2-10(14)15/h4-5H,1-3,13H2. The Bertz CT molecular complexity index is 420. The average molecular weight is 245 g/mol. The van der Waals surface area contributed by atoms with Crippen LogP contribution >= 0.6 is 23.2 Å². The molecule has 0 aliphatic carbocycles. The van der Waals surface area contributed by atoms with Crippen LogP contribution < -0.4 is 10.6 Å². The van der Waals surface area contributed by atoms with Gasteiger partial charge in [-0.3, -0.25) is 4.79 Å². The molecule has 1 heterocycles. The lowest BCUT2D eigenvalue weighted by molar-refractivity contribution is -0.117. The van der Waals surface area contributed by atoms with Gasteiger partial charge in [-0.05, 0) is 18.6 Å². The zero-order valence-corrected chi connectivity index (χ0v) is 9.48. The quantitative estimate of drug-likeness (QED) is 0.773. The molecule has 1 aliphatic heterocycles. The van der Waals surface area contributed by atoms with Gasteiger partial charge in [0.25, 0.3) is 0 Å². The summed E-state index contributed by atoms with van der Waals surface area (Å²) in [6, 6.07) is 3.22. The molecular weight excluding hydrogens is 235 g/mol. The molecule has 0 aromatic heterocycles. The summed E-state index contributed by atoms with van der Waals surface area (Å²) in [5.41, 5.74) is 6.77. The topological polar surface area (TPSA) is 46.3 Å². The summed E-state index contributed by atoms with van der Waals surface area (Å²) in [6.07, 6.45) is 1.43. The van der Waals surface area contributed by atoms with E-state index in [1.54, 1.807) is 17.0 Å². The van der Waals surface area contributed by atoms with E-state index < -0.39 is 0 Å². The second-order valence-electron chi connectivity index (χ2n) is 3.47. The van der Waals surface area contributed by atoms with Crippen LogP contribution in [0.15, 0.2) is 12.1 Å². The maximum atomic E-state index is 11.5. The van der Waals surface area contributed by atoms with E-state index in [1.165, 1.54) is 0 Å². The smallest absolute Gasteiger partial charge is 0.227 e. The number of carbonyl (C=O) groups excluding carboxylic acids is 1. The van der Waals surface area contributed by atoms with Crippen molar-refractivity contribution < 1.29 is 4.79 Å². The van der Waals surface area contributed by atoms with Gasteiger partial charge in [0.1, 0.15) is 0 Å². The molecular formula is C10H10Cl2N2O. The Morgan fingerprint density at radius 1 is 1.27 bits per heavy atom. The first-order valence-corrected chi connectivity index (χ1v) is 5.40. The maximum Gasteiger partial charge on any atom is 0.227 e. The molecule has 15 heavy (non-hydrogen) atoms.